The van der Waals surface area contributed by atoms with E-state index in [0.29, 0.717) is 10.4 Å². The van der Waals surface area contributed by atoms with Gasteiger partial charge in [-0.05, 0) is 25.0 Å². The quantitative estimate of drug-likeness (QED) is 0.835. The number of fused-ring (bicyclic) bond motifs is 1. The molecular formula is C12H12ClN3S. The lowest BCUT2D eigenvalue weighted by atomic mass is 10.1. The highest BCUT2D eigenvalue weighted by Gasteiger charge is 2.26. The average molecular weight is 266 g/mol. The van der Waals surface area contributed by atoms with Crippen LogP contribution in [0.15, 0.2) is 24.3 Å². The van der Waals surface area contributed by atoms with Crippen LogP contribution < -0.4 is 4.90 Å². The second kappa shape index (κ2) is 4.27. The van der Waals surface area contributed by atoms with E-state index in [9.17, 15) is 0 Å². The van der Waals surface area contributed by atoms with Gasteiger partial charge in [0.15, 0.2) is 0 Å². The van der Waals surface area contributed by atoms with Crippen molar-refractivity contribution < 1.29 is 0 Å². The van der Waals surface area contributed by atoms with E-state index < -0.39 is 0 Å². The SMILES string of the molecule is CC1Cc2ccccc2N1Cc1nnsc1Cl. The van der Waals surface area contributed by atoms with E-state index in [2.05, 4.69) is 45.7 Å². The van der Waals surface area contributed by atoms with Gasteiger partial charge in [0, 0.05) is 23.3 Å². The van der Waals surface area contributed by atoms with E-state index in [1.165, 1.54) is 22.8 Å². The predicted molar refractivity (Wildman–Crippen MR) is 70.7 cm³/mol. The van der Waals surface area contributed by atoms with Crippen LogP contribution >= 0.6 is 23.1 Å². The van der Waals surface area contributed by atoms with E-state index in [1.54, 1.807) is 0 Å². The molecule has 0 fully saturated rings. The van der Waals surface area contributed by atoms with E-state index in [1.807, 2.05) is 0 Å². The maximum Gasteiger partial charge on any atom is 0.139 e. The molecule has 1 atom stereocenters. The summed E-state index contributed by atoms with van der Waals surface area (Å²) >= 11 is 7.31. The molecular weight excluding hydrogens is 254 g/mol. The number of anilines is 1. The summed E-state index contributed by atoms with van der Waals surface area (Å²) in [6.45, 7) is 2.97. The highest BCUT2D eigenvalue weighted by molar-refractivity contribution is 7.10. The van der Waals surface area contributed by atoms with Gasteiger partial charge in [-0.1, -0.05) is 34.3 Å². The normalized spacial score (nSPS) is 18.5. The highest BCUT2D eigenvalue weighted by atomic mass is 35.5. The van der Waals surface area contributed by atoms with E-state index in [0.717, 1.165) is 18.7 Å². The van der Waals surface area contributed by atoms with E-state index in [4.69, 9.17) is 11.6 Å². The number of hydrogen-bond donors (Lipinski definition) is 0. The Hall–Kier alpha value is -1.13. The van der Waals surface area contributed by atoms with Crippen molar-refractivity contribution in [2.45, 2.75) is 25.9 Å². The molecule has 0 saturated heterocycles. The van der Waals surface area contributed by atoms with Gasteiger partial charge in [-0.15, -0.1) is 5.10 Å². The third kappa shape index (κ3) is 1.91. The molecule has 3 nitrogen and oxygen atoms in total. The number of aromatic nitrogens is 2. The first-order valence-corrected chi connectivity index (χ1v) is 6.72. The van der Waals surface area contributed by atoms with Crippen LogP contribution in [0.2, 0.25) is 4.34 Å². The van der Waals surface area contributed by atoms with Crippen LogP contribution in [0.3, 0.4) is 0 Å². The Morgan fingerprint density at radius 2 is 2.29 bits per heavy atom. The van der Waals surface area contributed by atoms with Crippen molar-refractivity contribution in [2.24, 2.45) is 0 Å². The van der Waals surface area contributed by atoms with Crippen molar-refractivity contribution in [3.8, 4) is 0 Å². The summed E-state index contributed by atoms with van der Waals surface area (Å²) in [6.07, 6.45) is 1.09. The minimum absolute atomic E-state index is 0.491. The van der Waals surface area contributed by atoms with Crippen LogP contribution in [-0.2, 0) is 13.0 Å². The molecule has 5 heteroatoms. The zero-order valence-electron chi connectivity index (χ0n) is 9.43. The van der Waals surface area contributed by atoms with Crippen LogP contribution in [0, 0.1) is 0 Å². The predicted octanol–water partition coefficient (Wildman–Crippen LogP) is 3.14. The number of benzene rings is 1. The first-order chi connectivity index (χ1) is 8.25. The number of para-hydroxylation sites is 1. The van der Waals surface area contributed by atoms with Crippen LogP contribution in [-0.4, -0.2) is 15.6 Å². The Morgan fingerprint density at radius 3 is 3.06 bits per heavy atom. The second-order valence-corrected chi connectivity index (χ2v) is 5.66. The minimum Gasteiger partial charge on any atom is -0.362 e. The standard InChI is InChI=1S/C12H12ClN3S/c1-8-6-9-4-2-3-5-11(9)16(8)7-10-12(13)17-15-14-10/h2-5,8H,6-7H2,1H3. The largest absolute Gasteiger partial charge is 0.362 e. The number of halogens is 1. The molecule has 88 valence electrons. The third-order valence-corrected chi connectivity index (χ3v) is 4.16. The molecule has 1 aliphatic heterocycles. The van der Waals surface area contributed by atoms with Crippen molar-refractivity contribution in [1.29, 1.82) is 0 Å². The fraction of sp³-hybridized carbons (Fsp3) is 0.333. The van der Waals surface area contributed by atoms with E-state index in [-0.39, 0.29) is 0 Å². The highest BCUT2D eigenvalue weighted by Crippen LogP contribution is 2.33. The van der Waals surface area contributed by atoms with Gasteiger partial charge in [0.25, 0.3) is 0 Å². The lowest BCUT2D eigenvalue weighted by Crippen LogP contribution is -2.28. The van der Waals surface area contributed by atoms with Crippen molar-refractivity contribution in [2.75, 3.05) is 4.90 Å². The smallest absolute Gasteiger partial charge is 0.139 e. The molecule has 1 unspecified atom stereocenters. The van der Waals surface area contributed by atoms with Gasteiger partial charge in [-0.25, -0.2) is 0 Å². The number of hydrogen-bond acceptors (Lipinski definition) is 4. The molecule has 3 rings (SSSR count). The Balaban J connectivity index is 1.91. The lowest BCUT2D eigenvalue weighted by Gasteiger charge is -2.23. The van der Waals surface area contributed by atoms with Crippen LogP contribution in [0.5, 0.6) is 0 Å². The summed E-state index contributed by atoms with van der Waals surface area (Å²) in [5.41, 5.74) is 3.57. The van der Waals surface area contributed by atoms with Crippen LogP contribution in [0.1, 0.15) is 18.2 Å². The summed E-state index contributed by atoms with van der Waals surface area (Å²) in [4.78, 5) is 2.35. The molecule has 1 aromatic heterocycles. The second-order valence-electron chi connectivity index (χ2n) is 4.30. The molecule has 17 heavy (non-hydrogen) atoms. The number of rotatable bonds is 2. The first-order valence-electron chi connectivity index (χ1n) is 5.57. The molecule has 0 amide bonds. The maximum atomic E-state index is 6.06. The zero-order chi connectivity index (χ0) is 11.8. The molecule has 0 spiro atoms. The van der Waals surface area contributed by atoms with Gasteiger partial charge >= 0.3 is 0 Å². The van der Waals surface area contributed by atoms with Gasteiger partial charge in [-0.2, -0.15) is 0 Å². The van der Waals surface area contributed by atoms with Gasteiger partial charge in [-0.3, -0.25) is 0 Å². The molecule has 1 aliphatic rings. The Labute approximate surface area is 109 Å². The summed E-state index contributed by atoms with van der Waals surface area (Å²) in [7, 11) is 0. The first kappa shape index (κ1) is 11.0. The van der Waals surface area contributed by atoms with Crippen molar-refractivity contribution in [1.82, 2.24) is 9.59 Å². The fourth-order valence-electron chi connectivity index (χ4n) is 2.32. The Bertz CT molecular complexity index is 540. The molecule has 2 aromatic rings. The van der Waals surface area contributed by atoms with Gasteiger partial charge in [0.2, 0.25) is 0 Å². The molecule has 0 N–H and O–H groups in total. The summed E-state index contributed by atoms with van der Waals surface area (Å²) in [5.74, 6) is 0. The molecule has 2 heterocycles. The molecule has 0 aliphatic carbocycles. The van der Waals surface area contributed by atoms with Gasteiger partial charge in [0.1, 0.15) is 10.0 Å². The van der Waals surface area contributed by atoms with Crippen molar-refractivity contribution >= 4 is 28.8 Å². The maximum absolute atomic E-state index is 6.06. The summed E-state index contributed by atoms with van der Waals surface area (Å²) in [6, 6.07) is 9.00. The van der Waals surface area contributed by atoms with Crippen molar-refractivity contribution in [3.63, 3.8) is 0 Å². The monoisotopic (exact) mass is 265 g/mol. The minimum atomic E-state index is 0.491. The number of nitrogens with zero attached hydrogens (tertiary/aromatic N) is 3. The van der Waals surface area contributed by atoms with Gasteiger partial charge in [0.05, 0.1) is 6.54 Å². The Kier molecular flexibility index (Phi) is 2.76. The summed E-state index contributed by atoms with van der Waals surface area (Å²) in [5, 5.41) is 4.08. The van der Waals surface area contributed by atoms with Gasteiger partial charge < -0.3 is 4.90 Å². The molecule has 0 radical (unpaired) electrons. The molecule has 1 aromatic carbocycles. The van der Waals surface area contributed by atoms with Crippen LogP contribution in [0.25, 0.3) is 0 Å². The van der Waals surface area contributed by atoms with Crippen molar-refractivity contribution in [3.05, 3.63) is 39.9 Å². The van der Waals surface area contributed by atoms with E-state index >= 15 is 0 Å². The average Bonchev–Trinajstić information content (AvgIpc) is 2.85. The third-order valence-electron chi connectivity index (χ3n) is 3.18. The zero-order valence-corrected chi connectivity index (χ0v) is 11.0. The molecule has 0 bridgehead atoms. The lowest BCUT2D eigenvalue weighted by molar-refractivity contribution is 0.664. The topological polar surface area (TPSA) is 29.0 Å². The fourth-order valence-corrected chi connectivity index (χ4v) is 2.94. The molecule has 0 saturated carbocycles. The summed E-state index contributed by atoms with van der Waals surface area (Å²) < 4.78 is 4.57. The Morgan fingerprint density at radius 1 is 1.47 bits per heavy atom. The van der Waals surface area contributed by atoms with Crippen LogP contribution in [0.4, 0.5) is 5.69 Å².